The molecule has 2 aromatic rings. The van der Waals surface area contributed by atoms with Gasteiger partial charge in [-0.15, -0.1) is 0 Å². The molecule has 0 saturated carbocycles. The van der Waals surface area contributed by atoms with Crippen molar-refractivity contribution >= 4 is 33.0 Å². The Morgan fingerprint density at radius 1 is 1.23 bits per heavy atom. The average molecular weight is 433 g/mol. The van der Waals surface area contributed by atoms with Crippen LogP contribution in [-0.2, 0) is 20.2 Å². The van der Waals surface area contributed by atoms with Crippen molar-refractivity contribution in [1.82, 2.24) is 0 Å². The fraction of sp³-hybridized carbons (Fsp3) is 0.350. The summed E-state index contributed by atoms with van der Waals surface area (Å²) >= 11 is 0. The molecule has 1 amide bonds. The summed E-state index contributed by atoms with van der Waals surface area (Å²) in [5.41, 5.74) is 1.16. The zero-order chi connectivity index (χ0) is 22.3. The van der Waals surface area contributed by atoms with Gasteiger partial charge in [0.25, 0.3) is 11.6 Å². The van der Waals surface area contributed by atoms with Gasteiger partial charge in [0.05, 0.1) is 23.4 Å². The molecule has 160 valence electrons. The molecule has 1 aliphatic heterocycles. The second kappa shape index (κ2) is 7.60. The molecular formula is C20H23N3O6S. The van der Waals surface area contributed by atoms with Crippen molar-refractivity contribution < 1.29 is 22.9 Å². The highest BCUT2D eigenvalue weighted by Crippen LogP contribution is 2.38. The highest BCUT2D eigenvalue weighted by Gasteiger charge is 2.36. The number of nitrogens with zero attached hydrogens (tertiary/aromatic N) is 2. The molecule has 1 aliphatic rings. The SMILES string of the molecule is CC(C)(C)c1ccc2c(c1)N(S(C)(=O)=O)C[C@@H](C(=O)Nc1cccc([N+](=O)[O-])c1)O2. The lowest BCUT2D eigenvalue weighted by atomic mass is 9.86. The Kier molecular flexibility index (Phi) is 5.46. The number of sulfonamides is 1. The van der Waals surface area contributed by atoms with Crippen molar-refractivity contribution in [3.63, 3.8) is 0 Å². The molecule has 1 heterocycles. The fourth-order valence-electron chi connectivity index (χ4n) is 3.09. The monoisotopic (exact) mass is 433 g/mol. The zero-order valence-electron chi connectivity index (χ0n) is 17.1. The van der Waals surface area contributed by atoms with Crippen LogP contribution in [-0.4, -0.2) is 38.2 Å². The Morgan fingerprint density at radius 3 is 2.53 bits per heavy atom. The summed E-state index contributed by atoms with van der Waals surface area (Å²) in [5, 5.41) is 13.5. The lowest BCUT2D eigenvalue weighted by Gasteiger charge is -2.35. The predicted octanol–water partition coefficient (Wildman–Crippen LogP) is 3.06. The maximum atomic E-state index is 12.7. The number of anilines is 2. The Labute approximate surface area is 174 Å². The number of non-ortho nitro benzene ring substituents is 1. The van der Waals surface area contributed by atoms with E-state index in [2.05, 4.69) is 5.32 Å². The zero-order valence-corrected chi connectivity index (χ0v) is 17.9. The van der Waals surface area contributed by atoms with Gasteiger partial charge >= 0.3 is 0 Å². The Hall–Kier alpha value is -3.14. The summed E-state index contributed by atoms with van der Waals surface area (Å²) in [4.78, 5) is 23.1. The van der Waals surface area contributed by atoms with Gasteiger partial charge in [-0.05, 0) is 29.2 Å². The van der Waals surface area contributed by atoms with E-state index in [0.717, 1.165) is 16.1 Å². The minimum Gasteiger partial charge on any atom is -0.476 e. The molecule has 2 aromatic carbocycles. The van der Waals surface area contributed by atoms with E-state index in [9.17, 15) is 23.3 Å². The Balaban J connectivity index is 1.91. The molecule has 0 bridgehead atoms. The van der Waals surface area contributed by atoms with Crippen LogP contribution in [0.25, 0.3) is 0 Å². The van der Waals surface area contributed by atoms with Gasteiger partial charge in [0, 0.05) is 17.8 Å². The summed E-state index contributed by atoms with van der Waals surface area (Å²) < 4.78 is 31.8. The molecule has 1 atom stereocenters. The molecule has 9 nitrogen and oxygen atoms in total. The quantitative estimate of drug-likeness (QED) is 0.585. The van der Waals surface area contributed by atoms with Crippen molar-refractivity contribution in [1.29, 1.82) is 0 Å². The molecular weight excluding hydrogens is 410 g/mol. The number of hydrogen-bond acceptors (Lipinski definition) is 6. The van der Waals surface area contributed by atoms with Gasteiger partial charge in [-0.25, -0.2) is 8.42 Å². The lowest BCUT2D eigenvalue weighted by molar-refractivity contribution is -0.384. The van der Waals surface area contributed by atoms with Crippen LogP contribution in [0.1, 0.15) is 26.3 Å². The topological polar surface area (TPSA) is 119 Å². The summed E-state index contributed by atoms with van der Waals surface area (Å²) in [5.74, 6) is -0.325. The molecule has 30 heavy (non-hydrogen) atoms. The van der Waals surface area contributed by atoms with E-state index in [1.54, 1.807) is 12.1 Å². The van der Waals surface area contributed by atoms with Crippen LogP contribution in [0, 0.1) is 10.1 Å². The summed E-state index contributed by atoms with van der Waals surface area (Å²) in [7, 11) is -3.67. The number of nitro groups is 1. The second-order valence-electron chi connectivity index (χ2n) is 8.13. The molecule has 0 aromatic heterocycles. The van der Waals surface area contributed by atoms with Crippen LogP contribution in [0.2, 0.25) is 0 Å². The van der Waals surface area contributed by atoms with Gasteiger partial charge in [0.2, 0.25) is 10.0 Å². The number of benzene rings is 2. The first-order chi connectivity index (χ1) is 13.9. The first-order valence-corrected chi connectivity index (χ1v) is 11.1. The van der Waals surface area contributed by atoms with Crippen LogP contribution < -0.4 is 14.4 Å². The number of ether oxygens (including phenoxy) is 1. The van der Waals surface area contributed by atoms with Crippen LogP contribution in [0.15, 0.2) is 42.5 Å². The molecule has 0 unspecified atom stereocenters. The normalized spacial score (nSPS) is 16.4. The van der Waals surface area contributed by atoms with Crippen molar-refractivity contribution in [3.8, 4) is 5.75 Å². The van der Waals surface area contributed by atoms with Crippen molar-refractivity contribution in [2.75, 3.05) is 22.4 Å². The number of rotatable bonds is 4. The molecule has 0 fully saturated rings. The standard InChI is InChI=1S/C20H23N3O6S/c1-20(2,3)13-8-9-17-16(10-13)22(30(4,27)28)12-18(29-17)19(24)21-14-6-5-7-15(11-14)23(25)26/h5-11,18H,12H2,1-4H3,(H,21,24)/t18-/m0/s1. The number of hydrogen-bond donors (Lipinski definition) is 1. The molecule has 0 saturated heterocycles. The van der Waals surface area contributed by atoms with E-state index < -0.39 is 27.0 Å². The highest BCUT2D eigenvalue weighted by molar-refractivity contribution is 7.92. The smallest absolute Gasteiger partial charge is 0.271 e. The van der Waals surface area contributed by atoms with E-state index in [0.29, 0.717) is 5.69 Å². The number of carbonyl (C=O) groups is 1. The largest absolute Gasteiger partial charge is 0.476 e. The van der Waals surface area contributed by atoms with E-state index in [1.807, 2.05) is 26.8 Å². The maximum absolute atomic E-state index is 12.7. The maximum Gasteiger partial charge on any atom is 0.271 e. The van der Waals surface area contributed by atoms with Gasteiger partial charge in [-0.2, -0.15) is 0 Å². The molecule has 0 spiro atoms. The number of amides is 1. The van der Waals surface area contributed by atoms with Crippen LogP contribution in [0.3, 0.4) is 0 Å². The van der Waals surface area contributed by atoms with Gasteiger partial charge in [0.1, 0.15) is 5.75 Å². The van der Waals surface area contributed by atoms with Gasteiger partial charge < -0.3 is 10.1 Å². The van der Waals surface area contributed by atoms with E-state index >= 15 is 0 Å². The van der Waals surface area contributed by atoms with Gasteiger partial charge in [-0.3, -0.25) is 19.2 Å². The first-order valence-electron chi connectivity index (χ1n) is 9.20. The van der Waals surface area contributed by atoms with Crippen LogP contribution in [0.4, 0.5) is 17.1 Å². The molecule has 3 rings (SSSR count). The minimum atomic E-state index is -3.67. The Bertz CT molecular complexity index is 1110. The number of nitro benzene ring substituents is 1. The fourth-order valence-corrected chi connectivity index (χ4v) is 3.99. The average Bonchev–Trinajstić information content (AvgIpc) is 2.65. The highest BCUT2D eigenvalue weighted by atomic mass is 32.2. The number of fused-ring (bicyclic) bond motifs is 1. The third-order valence-corrected chi connectivity index (χ3v) is 5.86. The predicted molar refractivity (Wildman–Crippen MR) is 113 cm³/mol. The summed E-state index contributed by atoms with van der Waals surface area (Å²) in [6.45, 7) is 5.83. The van der Waals surface area contributed by atoms with Gasteiger partial charge in [-0.1, -0.05) is 32.9 Å². The second-order valence-corrected chi connectivity index (χ2v) is 10.0. The number of carbonyl (C=O) groups excluding carboxylic acids is 1. The Morgan fingerprint density at radius 2 is 1.93 bits per heavy atom. The van der Waals surface area contributed by atoms with Crippen molar-refractivity contribution in [2.24, 2.45) is 0 Å². The molecule has 1 N–H and O–H groups in total. The third-order valence-electron chi connectivity index (χ3n) is 4.71. The van der Waals surface area contributed by atoms with E-state index in [4.69, 9.17) is 4.74 Å². The van der Waals surface area contributed by atoms with Crippen molar-refractivity contribution in [3.05, 3.63) is 58.1 Å². The summed E-state index contributed by atoms with van der Waals surface area (Å²) in [6.07, 6.45) is -0.0477. The molecule has 0 aliphatic carbocycles. The third kappa shape index (κ3) is 4.54. The first kappa shape index (κ1) is 21.6. The van der Waals surface area contributed by atoms with E-state index in [-0.39, 0.29) is 29.1 Å². The summed E-state index contributed by atoms with van der Waals surface area (Å²) in [6, 6.07) is 10.7. The van der Waals surface area contributed by atoms with Crippen LogP contribution >= 0.6 is 0 Å². The number of nitrogens with one attached hydrogen (secondary N) is 1. The van der Waals surface area contributed by atoms with Crippen molar-refractivity contribution in [2.45, 2.75) is 32.3 Å². The lowest BCUT2D eigenvalue weighted by Crippen LogP contribution is -2.48. The molecule has 0 radical (unpaired) electrons. The van der Waals surface area contributed by atoms with Gasteiger partial charge in [0.15, 0.2) is 6.10 Å². The minimum absolute atomic E-state index is 0.171. The van der Waals surface area contributed by atoms with Crippen LogP contribution in [0.5, 0.6) is 5.75 Å². The van der Waals surface area contributed by atoms with E-state index in [1.165, 1.54) is 24.3 Å². The molecule has 10 heteroatoms.